The van der Waals surface area contributed by atoms with Crippen molar-refractivity contribution >= 4 is 34.6 Å². The summed E-state index contributed by atoms with van der Waals surface area (Å²) in [5, 5.41) is 7.88. The monoisotopic (exact) mass is 545 g/mol. The van der Waals surface area contributed by atoms with E-state index < -0.39 is 29.7 Å². The van der Waals surface area contributed by atoms with Gasteiger partial charge >= 0.3 is 12.1 Å². The third-order valence-corrected chi connectivity index (χ3v) is 5.94. The standard InChI is InChI=1S/C30H22F3N3O4/c1-19(29(38)34-23-10-7-9-22(17-23)30(31,32)33)39-27(37)15-14-21-18-36(24-11-3-2-4-12-24)35-28(21)26-16-20-8-5-6-13-25(20)40-26/h2-19H,1H3,(H,34,38). The Kier molecular flexibility index (Phi) is 7.24. The lowest BCUT2D eigenvalue weighted by Gasteiger charge is -2.13. The predicted octanol–water partition coefficient (Wildman–Crippen LogP) is 6.89. The van der Waals surface area contributed by atoms with Gasteiger partial charge in [-0.25, -0.2) is 9.48 Å². The van der Waals surface area contributed by atoms with Gasteiger partial charge in [-0.2, -0.15) is 18.3 Å². The number of anilines is 1. The quantitative estimate of drug-likeness (QED) is 0.178. The average molecular weight is 546 g/mol. The number of carbonyl (C=O) groups is 2. The van der Waals surface area contributed by atoms with Crippen LogP contribution in [-0.4, -0.2) is 27.8 Å². The molecule has 0 radical (unpaired) electrons. The molecule has 0 spiro atoms. The molecule has 0 fully saturated rings. The van der Waals surface area contributed by atoms with Crippen LogP contribution in [0.3, 0.4) is 0 Å². The van der Waals surface area contributed by atoms with E-state index in [1.807, 2.05) is 60.7 Å². The maximum atomic E-state index is 12.9. The lowest BCUT2D eigenvalue weighted by molar-refractivity contribution is -0.148. The molecule has 0 saturated heterocycles. The minimum Gasteiger partial charge on any atom is -0.454 e. The molecule has 0 aliphatic heterocycles. The molecular weight excluding hydrogens is 523 g/mol. The first-order valence-corrected chi connectivity index (χ1v) is 12.2. The van der Waals surface area contributed by atoms with E-state index in [0.29, 0.717) is 22.6 Å². The van der Waals surface area contributed by atoms with Crippen LogP contribution in [0.25, 0.3) is 34.2 Å². The first-order valence-electron chi connectivity index (χ1n) is 12.2. The number of ether oxygens (including phenoxy) is 1. The SMILES string of the molecule is CC(OC(=O)C=Cc1cn(-c2ccccc2)nc1-c1cc2ccccc2o1)C(=O)Nc1cccc(C(F)(F)F)c1. The van der Waals surface area contributed by atoms with E-state index in [-0.39, 0.29) is 5.69 Å². The number of nitrogens with one attached hydrogen (secondary N) is 1. The molecule has 1 unspecified atom stereocenters. The van der Waals surface area contributed by atoms with Crippen molar-refractivity contribution in [3.05, 3.63) is 108 Å². The third kappa shape index (κ3) is 5.96. The Hall–Kier alpha value is -5.12. The summed E-state index contributed by atoms with van der Waals surface area (Å²) in [5.74, 6) is -1.10. The van der Waals surface area contributed by atoms with E-state index in [1.54, 1.807) is 10.9 Å². The fraction of sp³-hybridized carbons (Fsp3) is 0.100. The second-order valence-electron chi connectivity index (χ2n) is 8.84. The summed E-state index contributed by atoms with van der Waals surface area (Å²) in [4.78, 5) is 25.0. The average Bonchev–Trinajstić information content (AvgIpc) is 3.56. The summed E-state index contributed by atoms with van der Waals surface area (Å²) < 4.78 is 51.7. The number of hydrogen-bond acceptors (Lipinski definition) is 5. The molecule has 7 nitrogen and oxygen atoms in total. The topological polar surface area (TPSA) is 86.4 Å². The fourth-order valence-electron chi connectivity index (χ4n) is 3.95. The van der Waals surface area contributed by atoms with Crippen molar-refractivity contribution in [1.82, 2.24) is 9.78 Å². The Bertz CT molecular complexity index is 1670. The Balaban J connectivity index is 1.33. The molecule has 1 N–H and O–H groups in total. The highest BCUT2D eigenvalue weighted by Crippen LogP contribution is 2.32. The van der Waals surface area contributed by atoms with Crippen molar-refractivity contribution < 1.29 is 31.9 Å². The highest BCUT2D eigenvalue weighted by atomic mass is 19.4. The Morgan fingerprint density at radius 2 is 1.75 bits per heavy atom. The van der Waals surface area contributed by atoms with Gasteiger partial charge in [0.15, 0.2) is 11.9 Å². The lowest BCUT2D eigenvalue weighted by atomic mass is 10.2. The van der Waals surface area contributed by atoms with Gasteiger partial charge in [0.25, 0.3) is 5.91 Å². The van der Waals surface area contributed by atoms with Gasteiger partial charge in [-0.1, -0.05) is 42.5 Å². The highest BCUT2D eigenvalue weighted by Gasteiger charge is 2.30. The maximum absolute atomic E-state index is 12.9. The Morgan fingerprint density at radius 1 is 1.00 bits per heavy atom. The summed E-state index contributed by atoms with van der Waals surface area (Å²) >= 11 is 0. The zero-order valence-electron chi connectivity index (χ0n) is 21.1. The zero-order valence-corrected chi connectivity index (χ0v) is 21.1. The van der Waals surface area contributed by atoms with Gasteiger partial charge in [0.1, 0.15) is 11.3 Å². The van der Waals surface area contributed by atoms with E-state index in [9.17, 15) is 22.8 Å². The first-order chi connectivity index (χ1) is 19.2. The second kappa shape index (κ2) is 10.9. The number of benzene rings is 3. The van der Waals surface area contributed by atoms with Crippen molar-refractivity contribution in [1.29, 1.82) is 0 Å². The van der Waals surface area contributed by atoms with Gasteiger partial charge in [-0.3, -0.25) is 4.79 Å². The number of rotatable bonds is 7. The van der Waals surface area contributed by atoms with Crippen molar-refractivity contribution in [2.75, 3.05) is 5.32 Å². The predicted molar refractivity (Wildman–Crippen MR) is 143 cm³/mol. The van der Waals surface area contributed by atoms with E-state index in [0.717, 1.165) is 29.3 Å². The summed E-state index contributed by atoms with van der Waals surface area (Å²) in [5.41, 5.74) is 1.54. The molecule has 1 atom stereocenters. The molecule has 202 valence electrons. The normalized spacial score (nSPS) is 12.5. The largest absolute Gasteiger partial charge is 0.454 e. The van der Waals surface area contributed by atoms with Gasteiger partial charge in [0, 0.05) is 28.9 Å². The summed E-state index contributed by atoms with van der Waals surface area (Å²) in [7, 11) is 0. The van der Waals surface area contributed by atoms with Gasteiger partial charge in [-0.15, -0.1) is 0 Å². The van der Waals surface area contributed by atoms with Crippen molar-refractivity contribution in [3.8, 4) is 17.1 Å². The summed E-state index contributed by atoms with van der Waals surface area (Å²) in [6.45, 7) is 1.32. The second-order valence-corrected chi connectivity index (χ2v) is 8.84. The van der Waals surface area contributed by atoms with Crippen LogP contribution in [0, 0.1) is 0 Å². The van der Waals surface area contributed by atoms with E-state index in [1.165, 1.54) is 25.1 Å². The van der Waals surface area contributed by atoms with Gasteiger partial charge in [-0.05, 0) is 55.5 Å². The van der Waals surface area contributed by atoms with Gasteiger partial charge in [0.2, 0.25) is 0 Å². The Morgan fingerprint density at radius 3 is 2.50 bits per heavy atom. The van der Waals surface area contributed by atoms with E-state index in [2.05, 4.69) is 10.4 Å². The fourth-order valence-corrected chi connectivity index (χ4v) is 3.95. The maximum Gasteiger partial charge on any atom is 0.416 e. The van der Waals surface area contributed by atoms with E-state index in [4.69, 9.17) is 9.15 Å². The van der Waals surface area contributed by atoms with Crippen LogP contribution in [0.5, 0.6) is 0 Å². The number of fused-ring (bicyclic) bond motifs is 1. The van der Waals surface area contributed by atoms with Crippen LogP contribution in [0.15, 0.2) is 102 Å². The molecule has 2 aromatic heterocycles. The van der Waals surface area contributed by atoms with Crippen LogP contribution < -0.4 is 5.32 Å². The van der Waals surface area contributed by atoms with Crippen LogP contribution in [-0.2, 0) is 20.5 Å². The summed E-state index contributed by atoms with van der Waals surface area (Å²) in [6, 6.07) is 22.9. The number of halogens is 3. The first kappa shape index (κ1) is 26.5. The molecule has 0 saturated carbocycles. The van der Waals surface area contributed by atoms with E-state index >= 15 is 0 Å². The third-order valence-electron chi connectivity index (χ3n) is 5.94. The molecule has 10 heteroatoms. The van der Waals surface area contributed by atoms with Crippen LogP contribution in [0.2, 0.25) is 0 Å². The number of aromatic nitrogens is 2. The number of hydrogen-bond donors (Lipinski definition) is 1. The molecule has 40 heavy (non-hydrogen) atoms. The van der Waals surface area contributed by atoms with Crippen molar-refractivity contribution in [2.45, 2.75) is 19.2 Å². The molecule has 0 aliphatic rings. The van der Waals surface area contributed by atoms with Crippen molar-refractivity contribution in [3.63, 3.8) is 0 Å². The molecule has 2 heterocycles. The number of para-hydroxylation sites is 2. The number of carbonyl (C=O) groups excluding carboxylic acids is 2. The lowest BCUT2D eigenvalue weighted by Crippen LogP contribution is -2.29. The smallest absolute Gasteiger partial charge is 0.416 e. The summed E-state index contributed by atoms with van der Waals surface area (Å²) in [6.07, 6.45) is -1.46. The molecule has 5 rings (SSSR count). The number of alkyl halides is 3. The number of esters is 1. The highest BCUT2D eigenvalue weighted by molar-refractivity contribution is 5.97. The number of amides is 1. The van der Waals surface area contributed by atoms with Gasteiger partial charge < -0.3 is 14.5 Å². The Labute approximate surface area is 226 Å². The molecule has 0 bridgehead atoms. The number of nitrogens with zero attached hydrogens (tertiary/aromatic N) is 2. The zero-order chi connectivity index (χ0) is 28.3. The molecular formula is C30H22F3N3O4. The molecule has 3 aromatic carbocycles. The van der Waals surface area contributed by atoms with Gasteiger partial charge in [0.05, 0.1) is 11.3 Å². The van der Waals surface area contributed by atoms with Crippen molar-refractivity contribution in [2.24, 2.45) is 0 Å². The number of furan rings is 1. The molecule has 0 aliphatic carbocycles. The minimum absolute atomic E-state index is 0.0675. The minimum atomic E-state index is -4.56. The van der Waals surface area contributed by atoms with Crippen LogP contribution in [0.4, 0.5) is 18.9 Å². The molecule has 5 aromatic rings. The van der Waals surface area contributed by atoms with Crippen LogP contribution >= 0.6 is 0 Å². The van der Waals surface area contributed by atoms with Crippen LogP contribution in [0.1, 0.15) is 18.1 Å². The molecule has 1 amide bonds.